The minimum absolute atomic E-state index is 0.0755. The van der Waals surface area contributed by atoms with E-state index in [2.05, 4.69) is 19.2 Å². The molecule has 2 aliphatic heterocycles. The molecule has 2 atom stereocenters. The van der Waals surface area contributed by atoms with E-state index >= 15 is 0 Å². The number of anilines is 1. The molecule has 0 aliphatic carbocycles. The number of aliphatic carboxylic acids is 1. The van der Waals surface area contributed by atoms with Crippen molar-refractivity contribution in [1.29, 1.82) is 5.26 Å². The number of rotatable bonds is 4. The lowest BCUT2D eigenvalue weighted by Gasteiger charge is -2.59. The SMILES string of the molecule is C=C1N(c2cc(Cl)cc(Cl)c2)C(=C)C2(C(c3ccc(C#N)cc3)CN2CC(=O)O)N1C. The molecule has 0 radical (unpaired) electrons. The van der Waals surface area contributed by atoms with Gasteiger partial charge in [-0.15, -0.1) is 0 Å². The smallest absolute Gasteiger partial charge is 0.317 e. The zero-order valence-corrected chi connectivity index (χ0v) is 18.4. The number of carbonyl (C=O) groups is 1. The van der Waals surface area contributed by atoms with E-state index in [1.807, 2.05) is 33.9 Å². The molecule has 158 valence electrons. The maximum atomic E-state index is 11.6. The fourth-order valence-corrected chi connectivity index (χ4v) is 5.25. The van der Waals surface area contributed by atoms with E-state index in [0.717, 1.165) is 5.56 Å². The van der Waals surface area contributed by atoms with Crippen LogP contribution in [0.4, 0.5) is 5.69 Å². The van der Waals surface area contributed by atoms with Crippen LogP contribution in [0.3, 0.4) is 0 Å². The van der Waals surface area contributed by atoms with Gasteiger partial charge in [0.2, 0.25) is 0 Å². The van der Waals surface area contributed by atoms with E-state index in [1.54, 1.807) is 30.3 Å². The Morgan fingerprint density at radius 3 is 2.39 bits per heavy atom. The minimum atomic E-state index is -0.922. The summed E-state index contributed by atoms with van der Waals surface area (Å²) in [4.78, 5) is 17.3. The quantitative estimate of drug-likeness (QED) is 0.733. The van der Waals surface area contributed by atoms with Gasteiger partial charge in [0, 0.05) is 29.6 Å². The van der Waals surface area contributed by atoms with E-state index in [-0.39, 0.29) is 12.5 Å². The Balaban J connectivity index is 1.82. The average molecular weight is 455 g/mol. The first-order valence-electron chi connectivity index (χ1n) is 9.55. The Bertz CT molecular complexity index is 1120. The van der Waals surface area contributed by atoms with Crippen LogP contribution >= 0.6 is 23.2 Å². The zero-order chi connectivity index (χ0) is 22.5. The van der Waals surface area contributed by atoms with Crippen LogP contribution in [0.15, 0.2) is 67.1 Å². The largest absolute Gasteiger partial charge is 0.480 e. The van der Waals surface area contributed by atoms with Crippen molar-refractivity contribution in [1.82, 2.24) is 9.80 Å². The maximum Gasteiger partial charge on any atom is 0.317 e. The Labute approximate surface area is 190 Å². The molecule has 0 bridgehead atoms. The molecular weight excluding hydrogens is 435 g/mol. The standard InChI is InChI=1S/C23H20Cl2N4O2/c1-14-23(27(3)15(2)29(14)20-9-18(24)8-19(25)10-20)21(12-28(23)13-22(30)31)17-6-4-16(11-26)5-7-17/h4-10,21H,1-2,12-13H2,3H3,(H,30,31). The monoisotopic (exact) mass is 454 g/mol. The number of likely N-dealkylation sites (tertiary alicyclic amines) is 1. The first-order valence-corrected chi connectivity index (χ1v) is 10.3. The number of carboxylic acids is 1. The summed E-state index contributed by atoms with van der Waals surface area (Å²) in [5, 5.41) is 19.6. The first kappa shape index (κ1) is 21.3. The van der Waals surface area contributed by atoms with Crippen LogP contribution in [0.2, 0.25) is 10.0 Å². The Morgan fingerprint density at radius 1 is 1.23 bits per heavy atom. The van der Waals surface area contributed by atoms with E-state index in [0.29, 0.717) is 39.4 Å². The van der Waals surface area contributed by atoms with Crippen LogP contribution in [0.5, 0.6) is 0 Å². The van der Waals surface area contributed by atoms with Crippen molar-refractivity contribution in [3.63, 3.8) is 0 Å². The van der Waals surface area contributed by atoms with Gasteiger partial charge in [-0.05, 0) is 35.9 Å². The third kappa shape index (κ3) is 3.17. The lowest BCUT2D eigenvalue weighted by molar-refractivity contribution is -0.150. The lowest BCUT2D eigenvalue weighted by Crippen LogP contribution is -2.72. The van der Waals surface area contributed by atoms with Crippen molar-refractivity contribution < 1.29 is 9.90 Å². The summed E-state index contributed by atoms with van der Waals surface area (Å²) in [7, 11) is 1.88. The molecule has 0 aromatic heterocycles. The Kier molecular flexibility index (Phi) is 5.22. The molecule has 6 nitrogen and oxygen atoms in total. The predicted molar refractivity (Wildman–Crippen MR) is 121 cm³/mol. The fourth-order valence-electron chi connectivity index (χ4n) is 4.73. The molecule has 2 aliphatic rings. The van der Waals surface area contributed by atoms with Gasteiger partial charge in [0.25, 0.3) is 0 Å². The second-order valence-electron chi connectivity index (χ2n) is 7.67. The molecule has 2 unspecified atom stereocenters. The molecular formula is C23H20Cl2N4O2. The minimum Gasteiger partial charge on any atom is -0.480 e. The van der Waals surface area contributed by atoms with Gasteiger partial charge < -0.3 is 10.0 Å². The van der Waals surface area contributed by atoms with E-state index in [9.17, 15) is 9.90 Å². The molecule has 2 aromatic rings. The van der Waals surface area contributed by atoms with Gasteiger partial charge in [-0.3, -0.25) is 14.6 Å². The van der Waals surface area contributed by atoms with Crippen LogP contribution in [-0.2, 0) is 4.79 Å². The Hall–Kier alpha value is -2.98. The zero-order valence-electron chi connectivity index (χ0n) is 16.8. The molecule has 2 fully saturated rings. The van der Waals surface area contributed by atoms with E-state index < -0.39 is 11.6 Å². The van der Waals surface area contributed by atoms with Crippen LogP contribution < -0.4 is 4.90 Å². The molecule has 2 heterocycles. The summed E-state index contributed by atoms with van der Waals surface area (Å²) < 4.78 is 0. The van der Waals surface area contributed by atoms with Crippen molar-refractivity contribution in [3.05, 3.63) is 88.3 Å². The maximum absolute atomic E-state index is 11.6. The van der Waals surface area contributed by atoms with Gasteiger partial charge in [-0.25, -0.2) is 0 Å². The van der Waals surface area contributed by atoms with Gasteiger partial charge >= 0.3 is 5.97 Å². The van der Waals surface area contributed by atoms with E-state index in [4.69, 9.17) is 28.5 Å². The summed E-state index contributed by atoms with van der Waals surface area (Å²) in [6.07, 6.45) is 0. The van der Waals surface area contributed by atoms with Gasteiger partial charge in [0.15, 0.2) is 0 Å². The fraction of sp³-hybridized carbons (Fsp3) is 0.217. The summed E-state index contributed by atoms with van der Waals surface area (Å²) in [6.45, 7) is 8.98. The van der Waals surface area contributed by atoms with Gasteiger partial charge in [-0.1, -0.05) is 48.5 Å². The number of hydrogen-bond donors (Lipinski definition) is 1. The predicted octanol–water partition coefficient (Wildman–Crippen LogP) is 4.48. The molecule has 4 rings (SSSR count). The van der Waals surface area contributed by atoms with Crippen molar-refractivity contribution in [2.45, 2.75) is 11.6 Å². The summed E-state index contributed by atoms with van der Waals surface area (Å²) in [5.41, 5.74) is 2.11. The van der Waals surface area contributed by atoms with Crippen molar-refractivity contribution in [2.24, 2.45) is 0 Å². The highest BCUT2D eigenvalue weighted by Gasteiger charge is 2.64. The molecule has 2 aromatic carbocycles. The second kappa shape index (κ2) is 7.61. The highest BCUT2D eigenvalue weighted by molar-refractivity contribution is 6.35. The van der Waals surface area contributed by atoms with Gasteiger partial charge in [0.1, 0.15) is 11.5 Å². The van der Waals surface area contributed by atoms with Crippen molar-refractivity contribution >= 4 is 34.9 Å². The molecule has 0 saturated carbocycles. The van der Waals surface area contributed by atoms with Crippen LogP contribution in [0.1, 0.15) is 17.0 Å². The van der Waals surface area contributed by atoms with E-state index in [1.165, 1.54) is 0 Å². The molecule has 1 spiro atoms. The molecule has 31 heavy (non-hydrogen) atoms. The number of hydrogen-bond acceptors (Lipinski definition) is 5. The lowest BCUT2D eigenvalue weighted by atomic mass is 9.74. The molecule has 8 heteroatoms. The number of benzene rings is 2. The number of nitrogens with zero attached hydrogens (tertiary/aromatic N) is 4. The number of carboxylic acid groups (broad SMARTS) is 1. The third-order valence-electron chi connectivity index (χ3n) is 6.10. The van der Waals surface area contributed by atoms with Crippen molar-refractivity contribution in [2.75, 3.05) is 25.0 Å². The van der Waals surface area contributed by atoms with Crippen LogP contribution in [0, 0.1) is 11.3 Å². The highest BCUT2D eigenvalue weighted by Crippen LogP contribution is 2.57. The van der Waals surface area contributed by atoms with Crippen LogP contribution in [0.25, 0.3) is 0 Å². The highest BCUT2D eigenvalue weighted by atomic mass is 35.5. The summed E-state index contributed by atoms with van der Waals surface area (Å²) in [6, 6.07) is 14.7. The topological polar surface area (TPSA) is 70.8 Å². The normalized spacial score (nSPS) is 23.2. The third-order valence-corrected chi connectivity index (χ3v) is 6.53. The number of halogens is 2. The summed E-state index contributed by atoms with van der Waals surface area (Å²) in [5.74, 6) is -0.362. The average Bonchev–Trinajstić information content (AvgIpc) is 2.91. The molecule has 1 N–H and O–H groups in total. The first-order chi connectivity index (χ1) is 14.7. The number of likely N-dealkylation sites (N-methyl/N-ethyl adjacent to an activating group) is 1. The molecule has 0 amide bonds. The summed E-state index contributed by atoms with van der Waals surface area (Å²) >= 11 is 12.5. The Morgan fingerprint density at radius 2 is 1.84 bits per heavy atom. The van der Waals surface area contributed by atoms with Crippen molar-refractivity contribution in [3.8, 4) is 6.07 Å². The molecule has 2 saturated heterocycles. The van der Waals surface area contributed by atoms with Gasteiger partial charge in [0.05, 0.1) is 29.6 Å². The second-order valence-corrected chi connectivity index (χ2v) is 8.54. The van der Waals surface area contributed by atoms with Gasteiger partial charge in [-0.2, -0.15) is 5.26 Å². The number of nitriles is 1. The van der Waals surface area contributed by atoms with Crippen LogP contribution in [-0.4, -0.2) is 46.7 Å².